The number of aliphatic hydroxyl groups is 1. The Morgan fingerprint density at radius 1 is 1.39 bits per heavy atom. The molecule has 0 radical (unpaired) electrons. The number of furan rings is 1. The summed E-state index contributed by atoms with van der Waals surface area (Å²) in [5, 5.41) is 14.1. The Bertz CT molecular complexity index is 626. The minimum atomic E-state index is -1.08. The van der Waals surface area contributed by atoms with Crippen molar-refractivity contribution in [2.24, 2.45) is 0 Å². The Morgan fingerprint density at radius 3 is 2.78 bits per heavy atom. The molecule has 0 bridgehead atoms. The molecule has 0 saturated carbocycles. The van der Waals surface area contributed by atoms with Gasteiger partial charge >= 0.3 is 0 Å². The highest BCUT2D eigenvalue weighted by atomic mass is 35.5. The lowest BCUT2D eigenvalue weighted by atomic mass is 10.0. The van der Waals surface area contributed by atoms with Crippen molar-refractivity contribution >= 4 is 11.6 Å². The van der Waals surface area contributed by atoms with Crippen LogP contribution in [-0.4, -0.2) is 25.4 Å². The van der Waals surface area contributed by atoms with Crippen molar-refractivity contribution in [2.45, 2.75) is 26.0 Å². The summed E-state index contributed by atoms with van der Waals surface area (Å²) >= 11 is 6.24. The van der Waals surface area contributed by atoms with Crippen LogP contribution in [0.25, 0.3) is 0 Å². The van der Waals surface area contributed by atoms with Crippen molar-refractivity contribution in [3.8, 4) is 11.5 Å². The molecule has 0 aliphatic rings. The average molecular weight is 340 g/mol. The maximum Gasteiger partial charge on any atom is 0.179 e. The third-order valence-corrected chi connectivity index (χ3v) is 3.71. The summed E-state index contributed by atoms with van der Waals surface area (Å²) in [7, 11) is 1.58. The number of methoxy groups -OCH3 is 1. The standard InChI is InChI=1S/C17H22ClNO4/c1-4-22-16-13(18)8-12(9-14(16)21-3)10-19-11-17(2,20)15-6-5-7-23-15/h5-9,19-20H,4,10-11H2,1-3H3. The lowest BCUT2D eigenvalue weighted by Gasteiger charge is -2.21. The van der Waals surface area contributed by atoms with E-state index in [0.29, 0.717) is 42.0 Å². The zero-order valence-electron chi connectivity index (χ0n) is 13.6. The van der Waals surface area contributed by atoms with Gasteiger partial charge in [-0.3, -0.25) is 0 Å². The highest BCUT2D eigenvalue weighted by molar-refractivity contribution is 6.32. The average Bonchev–Trinajstić information content (AvgIpc) is 3.04. The molecule has 1 unspecified atom stereocenters. The van der Waals surface area contributed by atoms with Crippen LogP contribution in [0.2, 0.25) is 5.02 Å². The number of ether oxygens (including phenoxy) is 2. The largest absolute Gasteiger partial charge is 0.493 e. The molecule has 6 heteroatoms. The quantitative estimate of drug-likeness (QED) is 0.772. The summed E-state index contributed by atoms with van der Waals surface area (Å²) in [5.41, 5.74) is -0.145. The molecule has 1 atom stereocenters. The van der Waals surface area contributed by atoms with E-state index in [4.69, 9.17) is 25.5 Å². The maximum atomic E-state index is 10.4. The van der Waals surface area contributed by atoms with Gasteiger partial charge in [-0.1, -0.05) is 11.6 Å². The molecule has 126 valence electrons. The summed E-state index contributed by atoms with van der Waals surface area (Å²) in [6.07, 6.45) is 1.54. The summed E-state index contributed by atoms with van der Waals surface area (Å²) < 4.78 is 16.1. The molecule has 0 aliphatic carbocycles. The summed E-state index contributed by atoms with van der Waals surface area (Å²) in [5.74, 6) is 1.66. The molecule has 0 spiro atoms. The van der Waals surface area contributed by atoms with Crippen molar-refractivity contribution in [2.75, 3.05) is 20.3 Å². The van der Waals surface area contributed by atoms with Crippen LogP contribution < -0.4 is 14.8 Å². The summed E-state index contributed by atoms with van der Waals surface area (Å²) in [4.78, 5) is 0. The fourth-order valence-electron chi connectivity index (χ4n) is 2.28. The van der Waals surface area contributed by atoms with Crippen molar-refractivity contribution in [1.82, 2.24) is 5.32 Å². The van der Waals surface area contributed by atoms with Crippen LogP contribution in [0.3, 0.4) is 0 Å². The van der Waals surface area contributed by atoms with Crippen LogP contribution in [0, 0.1) is 0 Å². The first kappa shape index (κ1) is 17.7. The number of hydrogen-bond donors (Lipinski definition) is 2. The van der Waals surface area contributed by atoms with E-state index in [2.05, 4.69) is 5.32 Å². The molecule has 2 N–H and O–H groups in total. The third kappa shape index (κ3) is 4.41. The van der Waals surface area contributed by atoms with Crippen molar-refractivity contribution in [1.29, 1.82) is 0 Å². The second-order valence-corrected chi connectivity index (χ2v) is 5.80. The van der Waals surface area contributed by atoms with E-state index in [0.717, 1.165) is 5.56 Å². The molecule has 0 amide bonds. The molecule has 2 aromatic rings. The number of nitrogens with one attached hydrogen (secondary N) is 1. The van der Waals surface area contributed by atoms with E-state index in [1.165, 1.54) is 0 Å². The van der Waals surface area contributed by atoms with Crippen LogP contribution in [0.4, 0.5) is 0 Å². The Labute approximate surface area is 141 Å². The minimum absolute atomic E-state index is 0.341. The van der Waals surface area contributed by atoms with E-state index >= 15 is 0 Å². The maximum absolute atomic E-state index is 10.4. The Morgan fingerprint density at radius 2 is 2.17 bits per heavy atom. The number of halogens is 1. The fourth-order valence-corrected chi connectivity index (χ4v) is 2.57. The van der Waals surface area contributed by atoms with E-state index in [1.54, 1.807) is 32.4 Å². The number of hydrogen-bond acceptors (Lipinski definition) is 5. The fraction of sp³-hybridized carbons (Fsp3) is 0.412. The minimum Gasteiger partial charge on any atom is -0.493 e. The van der Waals surface area contributed by atoms with Crippen molar-refractivity contribution in [3.63, 3.8) is 0 Å². The van der Waals surface area contributed by atoms with E-state index in [-0.39, 0.29) is 0 Å². The Balaban J connectivity index is 2.02. The van der Waals surface area contributed by atoms with Gasteiger partial charge in [0.15, 0.2) is 11.5 Å². The molecule has 5 nitrogen and oxygen atoms in total. The molecule has 0 saturated heterocycles. The van der Waals surface area contributed by atoms with E-state index < -0.39 is 5.60 Å². The second-order valence-electron chi connectivity index (χ2n) is 5.40. The number of benzene rings is 1. The first-order chi connectivity index (χ1) is 11.0. The zero-order valence-corrected chi connectivity index (χ0v) is 14.3. The molecule has 2 rings (SSSR count). The van der Waals surface area contributed by atoms with E-state index in [1.807, 2.05) is 19.1 Å². The SMILES string of the molecule is CCOc1c(Cl)cc(CNCC(C)(O)c2ccco2)cc1OC. The molecular formula is C17H22ClNO4. The lowest BCUT2D eigenvalue weighted by Crippen LogP contribution is -2.34. The van der Waals surface area contributed by atoms with Gasteiger partial charge in [0, 0.05) is 13.1 Å². The normalized spacial score (nSPS) is 13.6. The molecule has 1 aromatic heterocycles. The van der Waals surface area contributed by atoms with Gasteiger partial charge in [-0.25, -0.2) is 0 Å². The second kappa shape index (κ2) is 7.73. The molecular weight excluding hydrogens is 318 g/mol. The lowest BCUT2D eigenvalue weighted by molar-refractivity contribution is 0.0340. The number of rotatable bonds is 8. The molecule has 23 heavy (non-hydrogen) atoms. The molecule has 0 fully saturated rings. The third-order valence-electron chi connectivity index (χ3n) is 3.43. The summed E-state index contributed by atoms with van der Waals surface area (Å²) in [6, 6.07) is 7.19. The molecule has 0 aliphatic heterocycles. The highest BCUT2D eigenvalue weighted by Crippen LogP contribution is 2.36. The van der Waals surface area contributed by atoms with Gasteiger partial charge in [-0.15, -0.1) is 0 Å². The van der Waals surface area contributed by atoms with Crippen LogP contribution in [-0.2, 0) is 12.1 Å². The van der Waals surface area contributed by atoms with Crippen molar-refractivity contribution in [3.05, 3.63) is 46.9 Å². The van der Waals surface area contributed by atoms with Crippen LogP contribution in [0.1, 0.15) is 25.2 Å². The predicted octanol–water partition coefficient (Wildman–Crippen LogP) is 3.34. The molecule has 1 heterocycles. The Kier molecular flexibility index (Phi) is 5.93. The van der Waals surface area contributed by atoms with Gasteiger partial charge in [0.1, 0.15) is 11.4 Å². The smallest absolute Gasteiger partial charge is 0.179 e. The first-order valence-corrected chi connectivity index (χ1v) is 7.82. The first-order valence-electron chi connectivity index (χ1n) is 7.44. The summed E-state index contributed by atoms with van der Waals surface area (Å²) in [6.45, 7) is 4.97. The monoisotopic (exact) mass is 339 g/mol. The van der Waals surface area contributed by atoms with Gasteiger partial charge in [-0.05, 0) is 43.7 Å². The van der Waals surface area contributed by atoms with E-state index in [9.17, 15) is 5.11 Å². The van der Waals surface area contributed by atoms with Gasteiger partial charge in [0.05, 0.1) is 25.0 Å². The van der Waals surface area contributed by atoms with Gasteiger partial charge in [-0.2, -0.15) is 0 Å². The highest BCUT2D eigenvalue weighted by Gasteiger charge is 2.25. The van der Waals surface area contributed by atoms with Crippen LogP contribution in [0.15, 0.2) is 34.9 Å². The molecule has 1 aromatic carbocycles. The predicted molar refractivity (Wildman–Crippen MR) is 89.2 cm³/mol. The van der Waals surface area contributed by atoms with Gasteiger partial charge in [0.2, 0.25) is 0 Å². The van der Waals surface area contributed by atoms with Crippen LogP contribution >= 0.6 is 11.6 Å². The Hall–Kier alpha value is -1.69. The zero-order chi connectivity index (χ0) is 16.9. The van der Waals surface area contributed by atoms with Crippen molar-refractivity contribution < 1.29 is 19.0 Å². The van der Waals surface area contributed by atoms with Gasteiger partial charge < -0.3 is 24.3 Å². The van der Waals surface area contributed by atoms with Crippen LogP contribution in [0.5, 0.6) is 11.5 Å². The topological polar surface area (TPSA) is 63.9 Å². The van der Waals surface area contributed by atoms with Gasteiger partial charge in [0.25, 0.3) is 0 Å².